The van der Waals surface area contributed by atoms with Gasteiger partial charge in [0.05, 0.1) is 6.10 Å². The molecule has 3 unspecified atom stereocenters. The van der Waals surface area contributed by atoms with Crippen molar-refractivity contribution in [2.75, 3.05) is 32.8 Å². The van der Waals surface area contributed by atoms with Crippen LogP contribution in [0, 0.1) is 11.8 Å². The molecule has 2 aliphatic rings. The summed E-state index contributed by atoms with van der Waals surface area (Å²) in [4.78, 5) is 2.69. The zero-order valence-corrected chi connectivity index (χ0v) is 14.4. The summed E-state index contributed by atoms with van der Waals surface area (Å²) in [5.74, 6) is 1.76. The van der Waals surface area contributed by atoms with E-state index in [9.17, 15) is 0 Å². The molecule has 1 N–H and O–H groups in total. The monoisotopic (exact) mass is 296 g/mol. The fraction of sp³-hybridized carbons (Fsp3) is 1.00. The molecule has 3 heteroatoms. The maximum absolute atomic E-state index is 5.77. The van der Waals surface area contributed by atoms with Gasteiger partial charge in [-0.2, -0.15) is 0 Å². The van der Waals surface area contributed by atoms with Crippen molar-refractivity contribution in [3.05, 3.63) is 0 Å². The van der Waals surface area contributed by atoms with Crippen LogP contribution < -0.4 is 5.32 Å². The van der Waals surface area contributed by atoms with Gasteiger partial charge in [-0.25, -0.2) is 0 Å². The van der Waals surface area contributed by atoms with Crippen LogP contribution >= 0.6 is 0 Å². The second-order valence-corrected chi connectivity index (χ2v) is 7.19. The quantitative estimate of drug-likeness (QED) is 0.780. The Morgan fingerprint density at radius 3 is 2.52 bits per heavy atom. The number of likely N-dealkylation sites (tertiary alicyclic amines) is 1. The van der Waals surface area contributed by atoms with Crippen LogP contribution in [0.5, 0.6) is 0 Å². The normalized spacial score (nSPS) is 32.4. The first-order valence-corrected chi connectivity index (χ1v) is 9.30. The van der Waals surface area contributed by atoms with Gasteiger partial charge in [0.2, 0.25) is 0 Å². The Morgan fingerprint density at radius 1 is 1.10 bits per heavy atom. The van der Waals surface area contributed by atoms with Crippen molar-refractivity contribution in [2.24, 2.45) is 11.8 Å². The number of nitrogens with one attached hydrogen (secondary N) is 1. The first kappa shape index (κ1) is 17.2. The molecular weight excluding hydrogens is 260 g/mol. The maximum atomic E-state index is 5.77. The molecule has 0 aromatic rings. The van der Waals surface area contributed by atoms with Crippen molar-refractivity contribution in [3.8, 4) is 0 Å². The van der Waals surface area contributed by atoms with E-state index in [0.717, 1.165) is 24.5 Å². The first-order chi connectivity index (χ1) is 10.2. The van der Waals surface area contributed by atoms with Crippen LogP contribution in [0.15, 0.2) is 0 Å². The Labute approximate surface area is 131 Å². The van der Waals surface area contributed by atoms with Gasteiger partial charge in [0, 0.05) is 32.3 Å². The highest BCUT2D eigenvalue weighted by molar-refractivity contribution is 4.86. The van der Waals surface area contributed by atoms with Crippen LogP contribution in [0.25, 0.3) is 0 Å². The molecular formula is C18H36N2O. The second kappa shape index (κ2) is 9.12. The molecule has 124 valence electrons. The van der Waals surface area contributed by atoms with E-state index in [-0.39, 0.29) is 0 Å². The summed E-state index contributed by atoms with van der Waals surface area (Å²) in [7, 11) is 0. The Kier molecular flexibility index (Phi) is 7.48. The zero-order valence-electron chi connectivity index (χ0n) is 14.4. The minimum absolute atomic E-state index is 0.519. The van der Waals surface area contributed by atoms with Crippen LogP contribution in [0.1, 0.15) is 59.3 Å². The highest BCUT2D eigenvalue weighted by atomic mass is 16.5. The fourth-order valence-corrected chi connectivity index (χ4v) is 4.12. The minimum Gasteiger partial charge on any atom is -0.378 e. The Bertz CT molecular complexity index is 274. The predicted octanol–water partition coefficient (Wildman–Crippen LogP) is 3.29. The molecule has 0 amide bonds. The molecule has 1 aliphatic carbocycles. The third kappa shape index (κ3) is 5.54. The Balaban J connectivity index is 1.78. The van der Waals surface area contributed by atoms with Crippen molar-refractivity contribution in [2.45, 2.75) is 71.4 Å². The summed E-state index contributed by atoms with van der Waals surface area (Å²) in [5.41, 5.74) is 0. The number of piperidine rings is 1. The van der Waals surface area contributed by atoms with Crippen LogP contribution in [-0.2, 0) is 4.74 Å². The SMILES string of the molecule is CCCNC1CCC(C)CC1CN1CCC(OCC)CC1. The smallest absolute Gasteiger partial charge is 0.0599 e. The summed E-state index contributed by atoms with van der Waals surface area (Å²) >= 11 is 0. The number of nitrogens with zero attached hydrogens (tertiary/aromatic N) is 1. The van der Waals surface area contributed by atoms with E-state index in [0.29, 0.717) is 6.10 Å². The molecule has 0 spiro atoms. The van der Waals surface area contributed by atoms with E-state index in [1.54, 1.807) is 0 Å². The molecule has 1 heterocycles. The summed E-state index contributed by atoms with van der Waals surface area (Å²) in [6, 6.07) is 0.755. The van der Waals surface area contributed by atoms with Crippen molar-refractivity contribution >= 4 is 0 Å². The number of hydrogen-bond donors (Lipinski definition) is 1. The molecule has 3 nitrogen and oxygen atoms in total. The molecule has 21 heavy (non-hydrogen) atoms. The van der Waals surface area contributed by atoms with Crippen LogP contribution in [0.4, 0.5) is 0 Å². The van der Waals surface area contributed by atoms with Crippen LogP contribution in [0.2, 0.25) is 0 Å². The molecule has 1 aliphatic heterocycles. The second-order valence-electron chi connectivity index (χ2n) is 7.19. The zero-order chi connectivity index (χ0) is 15.1. The van der Waals surface area contributed by atoms with Gasteiger partial charge in [0.1, 0.15) is 0 Å². The van der Waals surface area contributed by atoms with Gasteiger partial charge in [-0.15, -0.1) is 0 Å². The third-order valence-electron chi connectivity index (χ3n) is 5.33. The standard InChI is InChI=1S/C18H36N2O/c1-4-10-19-18-7-6-15(3)13-16(18)14-20-11-8-17(9-12-20)21-5-2/h15-19H,4-14H2,1-3H3. The van der Waals surface area contributed by atoms with Gasteiger partial charge in [0.25, 0.3) is 0 Å². The fourth-order valence-electron chi connectivity index (χ4n) is 4.12. The maximum Gasteiger partial charge on any atom is 0.0599 e. The van der Waals surface area contributed by atoms with E-state index in [1.165, 1.54) is 64.7 Å². The lowest BCUT2D eigenvalue weighted by atomic mass is 9.78. The average Bonchev–Trinajstić information content (AvgIpc) is 2.49. The van der Waals surface area contributed by atoms with Gasteiger partial charge in [-0.3, -0.25) is 0 Å². The number of rotatable bonds is 7. The van der Waals surface area contributed by atoms with E-state index >= 15 is 0 Å². The topological polar surface area (TPSA) is 24.5 Å². The van der Waals surface area contributed by atoms with E-state index in [2.05, 4.69) is 31.0 Å². The highest BCUT2D eigenvalue weighted by Gasteiger charge is 2.30. The Hall–Kier alpha value is -0.120. The highest BCUT2D eigenvalue weighted by Crippen LogP contribution is 2.30. The van der Waals surface area contributed by atoms with Crippen LogP contribution in [-0.4, -0.2) is 49.8 Å². The molecule has 2 rings (SSSR count). The number of ether oxygens (including phenoxy) is 1. The average molecular weight is 296 g/mol. The van der Waals surface area contributed by atoms with Crippen molar-refractivity contribution < 1.29 is 4.74 Å². The molecule has 0 radical (unpaired) electrons. The molecule has 1 saturated carbocycles. The van der Waals surface area contributed by atoms with Crippen LogP contribution in [0.3, 0.4) is 0 Å². The molecule has 1 saturated heterocycles. The minimum atomic E-state index is 0.519. The van der Waals surface area contributed by atoms with Gasteiger partial charge in [-0.1, -0.05) is 13.8 Å². The Morgan fingerprint density at radius 2 is 1.86 bits per heavy atom. The lowest BCUT2D eigenvalue weighted by Crippen LogP contribution is -2.48. The van der Waals surface area contributed by atoms with Crippen molar-refractivity contribution in [1.82, 2.24) is 10.2 Å². The summed E-state index contributed by atoms with van der Waals surface area (Å²) in [6.45, 7) is 12.6. The predicted molar refractivity (Wildman–Crippen MR) is 89.7 cm³/mol. The van der Waals surface area contributed by atoms with Crippen molar-refractivity contribution in [3.63, 3.8) is 0 Å². The lowest BCUT2D eigenvalue weighted by molar-refractivity contribution is 0.00714. The van der Waals surface area contributed by atoms with E-state index < -0.39 is 0 Å². The molecule has 3 atom stereocenters. The van der Waals surface area contributed by atoms with E-state index in [4.69, 9.17) is 4.74 Å². The molecule has 0 bridgehead atoms. The van der Waals surface area contributed by atoms with Crippen molar-refractivity contribution in [1.29, 1.82) is 0 Å². The van der Waals surface area contributed by atoms with Gasteiger partial charge < -0.3 is 15.0 Å². The van der Waals surface area contributed by atoms with Gasteiger partial charge in [-0.05, 0) is 63.8 Å². The largest absolute Gasteiger partial charge is 0.378 e. The first-order valence-electron chi connectivity index (χ1n) is 9.30. The summed E-state index contributed by atoms with van der Waals surface area (Å²) in [5, 5.41) is 3.81. The molecule has 0 aromatic carbocycles. The summed E-state index contributed by atoms with van der Waals surface area (Å²) in [6.07, 6.45) is 8.41. The molecule has 2 fully saturated rings. The summed E-state index contributed by atoms with van der Waals surface area (Å²) < 4.78 is 5.77. The number of hydrogen-bond acceptors (Lipinski definition) is 3. The third-order valence-corrected chi connectivity index (χ3v) is 5.33. The lowest BCUT2D eigenvalue weighted by Gasteiger charge is -2.40. The van der Waals surface area contributed by atoms with E-state index in [1.807, 2.05) is 0 Å². The van der Waals surface area contributed by atoms with Gasteiger partial charge in [0.15, 0.2) is 0 Å². The molecule has 0 aromatic heterocycles. The van der Waals surface area contributed by atoms with Gasteiger partial charge >= 0.3 is 0 Å².